The molecule has 6 nitrogen and oxygen atoms in total. The number of methoxy groups -OCH3 is 2. The predicted octanol–water partition coefficient (Wildman–Crippen LogP) is 3.25. The topological polar surface area (TPSA) is 68.7 Å². The summed E-state index contributed by atoms with van der Waals surface area (Å²) in [5, 5.41) is 0. The number of rotatable bonds is 4. The van der Waals surface area contributed by atoms with E-state index in [2.05, 4.69) is 17.1 Å². The molecular weight excluding hydrogens is 404 g/mol. The van der Waals surface area contributed by atoms with Gasteiger partial charge in [0.1, 0.15) is 0 Å². The van der Waals surface area contributed by atoms with Crippen molar-refractivity contribution < 1.29 is 19.1 Å². The Kier molecular flexibility index (Phi) is 4.12. The van der Waals surface area contributed by atoms with Gasteiger partial charge in [-0.2, -0.15) is 0 Å². The highest BCUT2D eigenvalue weighted by molar-refractivity contribution is 6.23. The zero-order valence-electron chi connectivity index (χ0n) is 17.8. The number of hydrogen-bond acceptors (Lipinski definition) is 5. The van der Waals surface area contributed by atoms with Crippen LogP contribution in [0.3, 0.4) is 0 Å². The van der Waals surface area contributed by atoms with Crippen molar-refractivity contribution in [3.05, 3.63) is 95.3 Å². The molecule has 0 spiro atoms. The lowest BCUT2D eigenvalue weighted by molar-refractivity contribution is -0.168. The quantitative estimate of drug-likeness (QED) is 0.473. The van der Waals surface area contributed by atoms with Crippen LogP contribution in [0.5, 0.6) is 0 Å². The van der Waals surface area contributed by atoms with Gasteiger partial charge in [0.25, 0.3) is 0 Å². The molecule has 2 heterocycles. The third-order valence-corrected chi connectivity index (χ3v) is 7.39. The Labute approximate surface area is 185 Å². The smallest absolute Gasteiger partial charge is 0.239 e. The first kappa shape index (κ1) is 19.3. The molecule has 0 saturated carbocycles. The maximum absolute atomic E-state index is 14.1. The summed E-state index contributed by atoms with van der Waals surface area (Å²) in [6.45, 7) is 0. The van der Waals surface area contributed by atoms with E-state index in [1.54, 1.807) is 38.7 Å². The average molecular weight is 426 g/mol. The van der Waals surface area contributed by atoms with E-state index in [-0.39, 0.29) is 17.7 Å². The second-order valence-electron chi connectivity index (χ2n) is 8.55. The van der Waals surface area contributed by atoms with Gasteiger partial charge in [-0.3, -0.25) is 14.6 Å². The third-order valence-electron chi connectivity index (χ3n) is 7.39. The van der Waals surface area contributed by atoms with E-state index in [1.807, 2.05) is 36.4 Å². The summed E-state index contributed by atoms with van der Waals surface area (Å²) in [7, 11) is 3.17. The standard InChI is InChI=1S/C26H22N2O4/c1-31-25(32-2)26-18-11-5-3-9-16(18)20(17-10-4-6-12-19(17)26)21-22(26)24(30)28(23(21)29)15-8-7-13-27-14-15/h3-14,20-22,25H,1-2H3/t20?,21-,22-,26?/m0/s1. The predicted molar refractivity (Wildman–Crippen MR) is 117 cm³/mol. The summed E-state index contributed by atoms with van der Waals surface area (Å²) in [6, 6.07) is 19.6. The molecule has 3 aliphatic carbocycles. The summed E-state index contributed by atoms with van der Waals surface area (Å²) in [4.78, 5) is 33.4. The van der Waals surface area contributed by atoms with Gasteiger partial charge in [-0.25, -0.2) is 4.90 Å². The van der Waals surface area contributed by atoms with Crippen molar-refractivity contribution >= 4 is 17.5 Å². The minimum atomic E-state index is -0.945. The number of carbonyl (C=O) groups excluding carboxylic acids is 2. The highest BCUT2D eigenvalue weighted by Gasteiger charge is 2.71. The van der Waals surface area contributed by atoms with Gasteiger partial charge < -0.3 is 9.47 Å². The highest BCUT2D eigenvalue weighted by atomic mass is 16.7. The van der Waals surface area contributed by atoms with Crippen molar-refractivity contribution in [1.82, 2.24) is 4.98 Å². The zero-order valence-corrected chi connectivity index (χ0v) is 17.8. The number of nitrogens with zero attached hydrogens (tertiary/aromatic N) is 2. The lowest BCUT2D eigenvalue weighted by Crippen LogP contribution is -2.60. The van der Waals surface area contributed by atoms with Crippen LogP contribution in [0.4, 0.5) is 5.69 Å². The van der Waals surface area contributed by atoms with Crippen LogP contribution in [0.15, 0.2) is 73.1 Å². The van der Waals surface area contributed by atoms with Crippen molar-refractivity contribution in [2.75, 3.05) is 19.1 Å². The third kappa shape index (κ3) is 2.13. The second-order valence-corrected chi connectivity index (χ2v) is 8.55. The molecule has 1 fully saturated rings. The molecule has 2 bridgehead atoms. The summed E-state index contributed by atoms with van der Waals surface area (Å²) in [6.07, 6.45) is 2.44. The van der Waals surface area contributed by atoms with Crippen LogP contribution in [-0.2, 0) is 24.5 Å². The molecule has 1 aromatic heterocycles. The van der Waals surface area contributed by atoms with Gasteiger partial charge in [0, 0.05) is 26.3 Å². The minimum absolute atomic E-state index is 0.197. The highest BCUT2D eigenvalue weighted by Crippen LogP contribution is 2.65. The molecule has 0 N–H and O–H groups in total. The van der Waals surface area contributed by atoms with Crippen molar-refractivity contribution in [2.45, 2.75) is 17.6 Å². The minimum Gasteiger partial charge on any atom is -0.355 e. The lowest BCUT2D eigenvalue weighted by atomic mass is 9.47. The maximum Gasteiger partial charge on any atom is 0.239 e. The van der Waals surface area contributed by atoms with E-state index < -0.39 is 23.5 Å². The average Bonchev–Trinajstić information content (AvgIpc) is 3.11. The van der Waals surface area contributed by atoms with Gasteiger partial charge in [-0.15, -0.1) is 0 Å². The van der Waals surface area contributed by atoms with E-state index >= 15 is 0 Å². The van der Waals surface area contributed by atoms with Crippen molar-refractivity contribution in [3.63, 3.8) is 0 Å². The Morgan fingerprint density at radius 3 is 2.06 bits per heavy atom. The van der Waals surface area contributed by atoms with Crippen molar-refractivity contribution in [1.29, 1.82) is 0 Å². The zero-order chi connectivity index (χ0) is 22.0. The first-order valence-electron chi connectivity index (χ1n) is 10.7. The summed E-state index contributed by atoms with van der Waals surface area (Å²) >= 11 is 0. The van der Waals surface area contributed by atoms with Gasteiger partial charge in [0.15, 0.2) is 6.29 Å². The molecule has 4 aliphatic rings. The van der Waals surface area contributed by atoms with E-state index in [4.69, 9.17) is 9.47 Å². The fourth-order valence-corrected chi connectivity index (χ4v) is 6.44. The molecule has 7 rings (SSSR count). The van der Waals surface area contributed by atoms with E-state index in [0.717, 1.165) is 22.3 Å². The van der Waals surface area contributed by atoms with E-state index in [1.165, 1.54) is 4.90 Å². The van der Waals surface area contributed by atoms with Gasteiger partial charge in [0.2, 0.25) is 11.8 Å². The number of aromatic nitrogens is 1. The van der Waals surface area contributed by atoms with Crippen LogP contribution < -0.4 is 4.90 Å². The van der Waals surface area contributed by atoms with Gasteiger partial charge in [-0.1, -0.05) is 48.5 Å². The van der Waals surface area contributed by atoms with Crippen LogP contribution in [0.2, 0.25) is 0 Å². The van der Waals surface area contributed by atoms with Gasteiger partial charge in [0.05, 0.1) is 29.1 Å². The maximum atomic E-state index is 14.1. The largest absolute Gasteiger partial charge is 0.355 e. The monoisotopic (exact) mass is 426 g/mol. The number of anilines is 1. The van der Waals surface area contributed by atoms with E-state index in [0.29, 0.717) is 5.69 Å². The van der Waals surface area contributed by atoms with Crippen molar-refractivity contribution in [3.8, 4) is 0 Å². The molecule has 1 saturated heterocycles. The molecule has 2 aromatic carbocycles. The molecule has 0 unspecified atom stereocenters. The Morgan fingerprint density at radius 2 is 1.50 bits per heavy atom. The van der Waals surface area contributed by atoms with E-state index in [9.17, 15) is 9.59 Å². The fourth-order valence-electron chi connectivity index (χ4n) is 6.44. The summed E-state index contributed by atoms with van der Waals surface area (Å²) < 4.78 is 11.8. The number of pyridine rings is 1. The summed E-state index contributed by atoms with van der Waals surface area (Å²) in [5.41, 5.74) is 3.65. The number of amides is 2. The molecular formula is C26H22N2O4. The SMILES string of the molecule is COC(OC)C12c3ccccc3C(c3ccccc31)[C@@H]1C(=O)N(c3cccnc3)C(=O)[C@H]12. The molecule has 32 heavy (non-hydrogen) atoms. The normalized spacial score (nSPS) is 27.5. The molecule has 3 aromatic rings. The molecule has 2 amide bonds. The molecule has 2 atom stereocenters. The Bertz CT molecular complexity index is 1190. The molecule has 6 heteroatoms. The molecule has 1 aliphatic heterocycles. The number of hydrogen-bond donors (Lipinski definition) is 0. The second kappa shape index (κ2) is 6.82. The Morgan fingerprint density at radius 1 is 0.875 bits per heavy atom. The number of benzene rings is 2. The summed E-state index contributed by atoms with van der Waals surface area (Å²) in [5.74, 6) is -1.82. The number of imide groups is 1. The Hall–Kier alpha value is -3.35. The Balaban J connectivity index is 1.69. The van der Waals surface area contributed by atoms with Crippen LogP contribution in [0.25, 0.3) is 0 Å². The lowest BCUT2D eigenvalue weighted by Gasteiger charge is -2.56. The first-order valence-corrected chi connectivity index (χ1v) is 10.7. The molecule has 160 valence electrons. The van der Waals surface area contributed by atoms with Crippen molar-refractivity contribution in [2.24, 2.45) is 11.8 Å². The van der Waals surface area contributed by atoms with Crippen LogP contribution in [-0.4, -0.2) is 37.3 Å². The van der Waals surface area contributed by atoms with Gasteiger partial charge >= 0.3 is 0 Å². The van der Waals surface area contributed by atoms with Crippen LogP contribution in [0, 0.1) is 11.8 Å². The molecule has 0 radical (unpaired) electrons. The van der Waals surface area contributed by atoms with Crippen LogP contribution >= 0.6 is 0 Å². The fraction of sp³-hybridized carbons (Fsp3) is 0.269. The number of carbonyl (C=O) groups is 2. The first-order chi connectivity index (χ1) is 15.7. The van der Waals surface area contributed by atoms with Crippen LogP contribution in [0.1, 0.15) is 28.2 Å². The van der Waals surface area contributed by atoms with Gasteiger partial charge in [-0.05, 0) is 34.4 Å². The number of ether oxygens (including phenoxy) is 2.